The van der Waals surface area contributed by atoms with Crippen molar-refractivity contribution in [3.8, 4) is 0 Å². The van der Waals surface area contributed by atoms with Crippen LogP contribution in [-0.2, 0) is 15.5 Å². The van der Waals surface area contributed by atoms with Gasteiger partial charge in [0.15, 0.2) is 0 Å². The van der Waals surface area contributed by atoms with E-state index in [2.05, 4.69) is 4.36 Å². The van der Waals surface area contributed by atoms with E-state index in [4.69, 9.17) is 5.73 Å². The molecular weight excluding hydrogens is 208 g/mol. The van der Waals surface area contributed by atoms with Gasteiger partial charge in [0.25, 0.3) is 0 Å². The quantitative estimate of drug-likeness (QED) is 0.847. The van der Waals surface area contributed by atoms with Gasteiger partial charge >= 0.3 is 0 Å². The van der Waals surface area contributed by atoms with Crippen LogP contribution >= 0.6 is 0 Å². The minimum atomic E-state index is -2.15. The molecule has 0 aliphatic carbocycles. The molecule has 1 atom stereocenters. The van der Waals surface area contributed by atoms with Crippen LogP contribution in [0.3, 0.4) is 0 Å². The number of hydrogen-bond acceptors (Lipinski definition) is 3. The molecule has 15 heavy (non-hydrogen) atoms. The zero-order valence-corrected chi connectivity index (χ0v) is 10.1. The third-order valence-corrected chi connectivity index (χ3v) is 4.57. The van der Waals surface area contributed by atoms with Crippen molar-refractivity contribution >= 4 is 9.73 Å². The van der Waals surface area contributed by atoms with Crippen molar-refractivity contribution in [2.45, 2.75) is 12.7 Å². The van der Waals surface area contributed by atoms with Gasteiger partial charge in [-0.2, -0.15) is 0 Å². The van der Waals surface area contributed by atoms with Gasteiger partial charge in [-0.05, 0) is 12.5 Å². The number of nitrogens with two attached hydrogens (primary N) is 1. The van der Waals surface area contributed by atoms with E-state index in [1.54, 1.807) is 7.05 Å². The summed E-state index contributed by atoms with van der Waals surface area (Å²) in [5.41, 5.74) is 7.68. The van der Waals surface area contributed by atoms with Crippen LogP contribution < -0.4 is 5.73 Å². The SMILES string of the molecule is CN=S(=O)(CCN)Cc1cccc(C)c1. The van der Waals surface area contributed by atoms with E-state index < -0.39 is 9.73 Å². The topological polar surface area (TPSA) is 55.5 Å². The molecule has 1 aromatic carbocycles. The lowest BCUT2D eigenvalue weighted by Crippen LogP contribution is -2.17. The predicted molar refractivity (Wildman–Crippen MR) is 65.3 cm³/mol. The second kappa shape index (κ2) is 5.28. The van der Waals surface area contributed by atoms with Crippen molar-refractivity contribution in [2.24, 2.45) is 10.1 Å². The Morgan fingerprint density at radius 1 is 1.47 bits per heavy atom. The van der Waals surface area contributed by atoms with Gasteiger partial charge in [0.2, 0.25) is 0 Å². The van der Waals surface area contributed by atoms with Gasteiger partial charge in [-0.25, -0.2) is 8.57 Å². The minimum absolute atomic E-state index is 0.419. The van der Waals surface area contributed by atoms with Crippen LogP contribution in [0, 0.1) is 6.92 Å². The summed E-state index contributed by atoms with van der Waals surface area (Å²) in [6, 6.07) is 8.02. The van der Waals surface area contributed by atoms with E-state index in [0.29, 0.717) is 18.1 Å². The molecule has 4 heteroatoms. The van der Waals surface area contributed by atoms with E-state index in [-0.39, 0.29) is 0 Å². The van der Waals surface area contributed by atoms with E-state index >= 15 is 0 Å². The Bertz CT molecular complexity index is 434. The molecule has 0 aliphatic heterocycles. The number of nitrogens with zero attached hydrogens (tertiary/aromatic N) is 1. The molecule has 0 aliphatic rings. The van der Waals surface area contributed by atoms with Crippen LogP contribution in [0.25, 0.3) is 0 Å². The summed E-state index contributed by atoms with van der Waals surface area (Å²) in [7, 11) is -0.542. The number of aryl methyl sites for hydroxylation is 1. The van der Waals surface area contributed by atoms with E-state index in [9.17, 15) is 4.21 Å². The maximum Gasteiger partial charge on any atom is 0.0568 e. The van der Waals surface area contributed by atoms with Gasteiger partial charge in [0.05, 0.1) is 15.5 Å². The number of hydrogen-bond donors (Lipinski definition) is 1. The van der Waals surface area contributed by atoms with Crippen LogP contribution in [0.1, 0.15) is 11.1 Å². The maximum absolute atomic E-state index is 12.2. The summed E-state index contributed by atoms with van der Waals surface area (Å²) < 4.78 is 16.2. The van der Waals surface area contributed by atoms with Crippen LogP contribution in [0.15, 0.2) is 28.6 Å². The van der Waals surface area contributed by atoms with Crippen molar-refractivity contribution in [3.63, 3.8) is 0 Å². The first kappa shape index (κ1) is 12.2. The van der Waals surface area contributed by atoms with Gasteiger partial charge in [-0.3, -0.25) is 0 Å². The average molecular weight is 226 g/mol. The second-order valence-electron chi connectivity index (χ2n) is 3.58. The molecule has 1 aromatic rings. The Balaban J connectivity index is 2.90. The van der Waals surface area contributed by atoms with Crippen molar-refractivity contribution < 1.29 is 4.21 Å². The molecule has 0 saturated carbocycles. The molecule has 1 unspecified atom stereocenters. The molecular formula is C11H18N2OS. The first-order valence-electron chi connectivity index (χ1n) is 4.96. The second-order valence-corrected chi connectivity index (χ2v) is 6.19. The Hall–Kier alpha value is -0.870. The van der Waals surface area contributed by atoms with E-state index in [1.807, 2.05) is 31.2 Å². The van der Waals surface area contributed by atoms with Gasteiger partial charge in [0, 0.05) is 19.3 Å². The molecule has 0 aromatic heterocycles. The summed E-state index contributed by atoms with van der Waals surface area (Å²) in [6.07, 6.45) is 0. The largest absolute Gasteiger partial charge is 0.330 e. The average Bonchev–Trinajstić information content (AvgIpc) is 2.18. The smallest absolute Gasteiger partial charge is 0.0568 e. The zero-order chi connectivity index (χ0) is 11.3. The lowest BCUT2D eigenvalue weighted by Gasteiger charge is -2.08. The monoisotopic (exact) mass is 226 g/mol. The van der Waals surface area contributed by atoms with Crippen LogP contribution in [-0.4, -0.2) is 23.6 Å². The molecule has 0 spiro atoms. The minimum Gasteiger partial charge on any atom is -0.330 e. The number of benzene rings is 1. The van der Waals surface area contributed by atoms with Gasteiger partial charge in [0.1, 0.15) is 0 Å². The maximum atomic E-state index is 12.2. The predicted octanol–water partition coefficient (Wildman–Crippen LogP) is 1.55. The van der Waals surface area contributed by atoms with Gasteiger partial charge < -0.3 is 5.73 Å². The summed E-state index contributed by atoms with van der Waals surface area (Å²) in [6.45, 7) is 2.44. The molecule has 0 heterocycles. The Morgan fingerprint density at radius 3 is 2.73 bits per heavy atom. The van der Waals surface area contributed by atoms with Crippen LogP contribution in [0.2, 0.25) is 0 Å². The molecule has 0 saturated heterocycles. The molecule has 1 rings (SSSR count). The third kappa shape index (κ3) is 3.64. The van der Waals surface area contributed by atoms with Crippen molar-refractivity contribution in [1.82, 2.24) is 0 Å². The van der Waals surface area contributed by atoms with E-state index in [0.717, 1.165) is 5.56 Å². The number of rotatable bonds is 4. The Labute approximate surface area is 91.9 Å². The summed E-state index contributed by atoms with van der Waals surface area (Å²) in [5.74, 6) is 0.972. The zero-order valence-electron chi connectivity index (χ0n) is 9.27. The summed E-state index contributed by atoms with van der Waals surface area (Å²) in [4.78, 5) is 0. The molecule has 0 bridgehead atoms. The van der Waals surface area contributed by atoms with Crippen LogP contribution in [0.4, 0.5) is 0 Å². The van der Waals surface area contributed by atoms with Crippen molar-refractivity contribution in [1.29, 1.82) is 0 Å². The summed E-state index contributed by atoms with van der Waals surface area (Å²) in [5, 5.41) is 0. The van der Waals surface area contributed by atoms with Gasteiger partial charge in [-0.15, -0.1) is 0 Å². The highest BCUT2D eigenvalue weighted by atomic mass is 32.2. The normalized spacial score (nSPS) is 14.6. The fourth-order valence-electron chi connectivity index (χ4n) is 1.47. The van der Waals surface area contributed by atoms with Crippen molar-refractivity contribution in [2.75, 3.05) is 19.3 Å². The highest BCUT2D eigenvalue weighted by Gasteiger charge is 2.08. The van der Waals surface area contributed by atoms with Crippen molar-refractivity contribution in [3.05, 3.63) is 35.4 Å². The highest BCUT2D eigenvalue weighted by molar-refractivity contribution is 7.92. The van der Waals surface area contributed by atoms with Crippen LogP contribution in [0.5, 0.6) is 0 Å². The molecule has 2 N–H and O–H groups in total. The lowest BCUT2D eigenvalue weighted by atomic mass is 10.2. The fourth-order valence-corrected chi connectivity index (χ4v) is 3.00. The first-order valence-corrected chi connectivity index (χ1v) is 6.81. The molecule has 3 nitrogen and oxygen atoms in total. The fraction of sp³-hybridized carbons (Fsp3) is 0.455. The Kier molecular flexibility index (Phi) is 4.29. The van der Waals surface area contributed by atoms with Gasteiger partial charge in [-0.1, -0.05) is 29.8 Å². The molecule has 0 radical (unpaired) electrons. The highest BCUT2D eigenvalue weighted by Crippen LogP contribution is 2.10. The van der Waals surface area contributed by atoms with E-state index in [1.165, 1.54) is 5.56 Å². The first-order chi connectivity index (χ1) is 7.09. The summed E-state index contributed by atoms with van der Waals surface area (Å²) >= 11 is 0. The molecule has 84 valence electrons. The Morgan fingerprint density at radius 2 is 2.20 bits per heavy atom. The third-order valence-electron chi connectivity index (χ3n) is 2.24. The molecule has 0 fully saturated rings. The standard InChI is InChI=1S/C11H18N2OS/c1-10-4-3-5-11(8-10)9-15(14,13-2)7-6-12/h3-5,8H,6-7,9,12H2,1-2H3. The lowest BCUT2D eigenvalue weighted by molar-refractivity contribution is 0.675. The molecule has 0 amide bonds.